The van der Waals surface area contributed by atoms with E-state index in [9.17, 15) is 4.79 Å². The molecule has 4 heteroatoms. The van der Waals surface area contributed by atoms with Crippen LogP contribution in [-0.2, 0) is 22.5 Å². The normalized spacial score (nSPS) is 18.3. The Morgan fingerprint density at radius 2 is 2.10 bits per heavy atom. The quantitative estimate of drug-likeness (QED) is 0.751. The highest BCUT2D eigenvalue weighted by Gasteiger charge is 2.25. The minimum atomic E-state index is 0.163. The number of hydrogen-bond donors (Lipinski definition) is 0. The molecule has 0 aromatic heterocycles. The first-order chi connectivity index (χ1) is 10.1. The molecule has 1 amide bonds. The molecular formula is C17H26N2O2. The van der Waals surface area contributed by atoms with E-state index in [1.807, 2.05) is 18.9 Å². The lowest BCUT2D eigenvalue weighted by molar-refractivity contribution is -0.131. The first-order valence-electron chi connectivity index (χ1n) is 7.70. The number of ether oxygens (including phenoxy) is 1. The maximum Gasteiger partial charge on any atom is 0.224 e. The molecule has 0 radical (unpaired) electrons. The van der Waals surface area contributed by atoms with Gasteiger partial charge in [-0.25, -0.2) is 0 Å². The molecule has 116 valence electrons. The molecule has 0 N–H and O–H groups in total. The lowest BCUT2D eigenvalue weighted by atomic mass is 9.94. The van der Waals surface area contributed by atoms with Gasteiger partial charge in [-0.1, -0.05) is 24.3 Å². The van der Waals surface area contributed by atoms with Crippen molar-refractivity contribution < 1.29 is 9.53 Å². The second-order valence-electron chi connectivity index (χ2n) is 5.76. The number of carbonyl (C=O) groups excluding carboxylic acids is 1. The van der Waals surface area contributed by atoms with E-state index in [4.69, 9.17) is 4.74 Å². The van der Waals surface area contributed by atoms with Crippen molar-refractivity contribution in [2.24, 2.45) is 0 Å². The predicted octanol–water partition coefficient (Wildman–Crippen LogP) is 1.93. The van der Waals surface area contributed by atoms with E-state index >= 15 is 0 Å². The molecule has 1 aliphatic rings. The third kappa shape index (κ3) is 4.29. The monoisotopic (exact) mass is 290 g/mol. The van der Waals surface area contributed by atoms with E-state index in [1.165, 1.54) is 11.1 Å². The Labute approximate surface area is 127 Å². The van der Waals surface area contributed by atoms with Crippen LogP contribution in [-0.4, -0.2) is 55.6 Å². The zero-order chi connectivity index (χ0) is 15.2. The summed E-state index contributed by atoms with van der Waals surface area (Å²) in [6, 6.07) is 8.97. The summed E-state index contributed by atoms with van der Waals surface area (Å²) in [7, 11) is 4.03. The van der Waals surface area contributed by atoms with Crippen molar-refractivity contribution in [3.8, 4) is 0 Å². The lowest BCUT2D eigenvalue weighted by Crippen LogP contribution is -2.46. The Morgan fingerprint density at radius 3 is 2.81 bits per heavy atom. The van der Waals surface area contributed by atoms with Gasteiger partial charge in [-0.3, -0.25) is 9.69 Å². The largest absolute Gasteiger partial charge is 0.381 e. The van der Waals surface area contributed by atoms with Gasteiger partial charge in [0.15, 0.2) is 0 Å². The zero-order valence-electron chi connectivity index (χ0n) is 13.3. The van der Waals surface area contributed by atoms with Crippen LogP contribution in [0.5, 0.6) is 0 Å². The molecule has 0 aliphatic carbocycles. The summed E-state index contributed by atoms with van der Waals surface area (Å²) in [4.78, 5) is 16.3. The fourth-order valence-corrected chi connectivity index (χ4v) is 2.83. The van der Waals surface area contributed by atoms with Gasteiger partial charge in [0.05, 0.1) is 13.0 Å². The summed E-state index contributed by atoms with van der Waals surface area (Å²) < 4.78 is 5.25. The van der Waals surface area contributed by atoms with Crippen LogP contribution in [0.3, 0.4) is 0 Å². The lowest BCUT2D eigenvalue weighted by Gasteiger charge is -2.36. The maximum atomic E-state index is 12.1. The van der Waals surface area contributed by atoms with Crippen molar-refractivity contribution in [3.05, 3.63) is 35.4 Å². The molecule has 1 heterocycles. The minimum Gasteiger partial charge on any atom is -0.381 e. The van der Waals surface area contributed by atoms with Gasteiger partial charge >= 0.3 is 0 Å². The van der Waals surface area contributed by atoms with E-state index in [1.54, 1.807) is 0 Å². The molecule has 0 saturated heterocycles. The van der Waals surface area contributed by atoms with Gasteiger partial charge in [0, 0.05) is 32.8 Å². The zero-order valence-corrected chi connectivity index (χ0v) is 13.3. The van der Waals surface area contributed by atoms with Crippen LogP contribution in [0.1, 0.15) is 24.5 Å². The average molecular weight is 290 g/mol. The summed E-state index contributed by atoms with van der Waals surface area (Å²) in [6.07, 6.45) is 1.48. The number of nitrogens with zero attached hydrogens (tertiary/aromatic N) is 2. The number of likely N-dealkylation sites (N-methyl/N-ethyl adjacent to an activating group) is 2. The van der Waals surface area contributed by atoms with Crippen LogP contribution >= 0.6 is 0 Å². The molecule has 0 saturated carbocycles. The Bertz CT molecular complexity index is 476. The van der Waals surface area contributed by atoms with Crippen LogP contribution in [0, 0.1) is 0 Å². The van der Waals surface area contributed by atoms with Crippen LogP contribution in [0.25, 0.3) is 0 Å². The van der Waals surface area contributed by atoms with Crippen LogP contribution in [0.4, 0.5) is 0 Å². The van der Waals surface area contributed by atoms with E-state index in [-0.39, 0.29) is 5.91 Å². The van der Waals surface area contributed by atoms with Crippen molar-refractivity contribution in [1.29, 1.82) is 0 Å². The molecule has 1 aromatic rings. The smallest absolute Gasteiger partial charge is 0.224 e. The topological polar surface area (TPSA) is 32.8 Å². The number of carbonyl (C=O) groups is 1. The summed E-state index contributed by atoms with van der Waals surface area (Å²) in [5.74, 6) is 0.163. The van der Waals surface area contributed by atoms with E-state index < -0.39 is 0 Å². The highest BCUT2D eigenvalue weighted by Crippen LogP contribution is 2.22. The predicted molar refractivity (Wildman–Crippen MR) is 84.1 cm³/mol. The van der Waals surface area contributed by atoms with Gasteiger partial charge in [0.2, 0.25) is 5.91 Å². The highest BCUT2D eigenvalue weighted by molar-refractivity contribution is 5.76. The fourth-order valence-electron chi connectivity index (χ4n) is 2.83. The van der Waals surface area contributed by atoms with Crippen LogP contribution in [0.2, 0.25) is 0 Å². The number of fused-ring (bicyclic) bond motifs is 1. The van der Waals surface area contributed by atoms with E-state index in [0.29, 0.717) is 25.7 Å². The maximum absolute atomic E-state index is 12.1. The Balaban J connectivity index is 1.89. The highest BCUT2D eigenvalue weighted by atomic mass is 16.5. The molecule has 1 aliphatic heterocycles. The first kappa shape index (κ1) is 16.0. The van der Waals surface area contributed by atoms with Crippen molar-refractivity contribution in [2.45, 2.75) is 32.4 Å². The van der Waals surface area contributed by atoms with Crippen molar-refractivity contribution in [3.63, 3.8) is 0 Å². The van der Waals surface area contributed by atoms with Gasteiger partial charge in [0.1, 0.15) is 0 Å². The third-order valence-corrected chi connectivity index (χ3v) is 4.19. The Hall–Kier alpha value is -1.39. The van der Waals surface area contributed by atoms with Gasteiger partial charge in [-0.15, -0.1) is 0 Å². The molecule has 0 bridgehead atoms. The van der Waals surface area contributed by atoms with Crippen molar-refractivity contribution in [2.75, 3.05) is 33.9 Å². The molecule has 1 atom stereocenters. The second kappa shape index (κ2) is 7.57. The molecule has 21 heavy (non-hydrogen) atoms. The standard InChI is InChI=1S/C17H26N2O2/c1-4-21-10-9-17(20)19(3)13-16-11-14-7-5-6-8-15(14)12-18(16)2/h5-8,16H,4,9-13H2,1-3H3/t16-/m1/s1. The summed E-state index contributed by atoms with van der Waals surface area (Å²) in [6.45, 7) is 4.86. The summed E-state index contributed by atoms with van der Waals surface area (Å²) in [5, 5.41) is 0. The summed E-state index contributed by atoms with van der Waals surface area (Å²) in [5.41, 5.74) is 2.82. The minimum absolute atomic E-state index is 0.163. The first-order valence-corrected chi connectivity index (χ1v) is 7.70. The Morgan fingerprint density at radius 1 is 1.38 bits per heavy atom. The van der Waals surface area contributed by atoms with Gasteiger partial charge < -0.3 is 9.64 Å². The molecule has 2 rings (SSSR count). The SMILES string of the molecule is CCOCCC(=O)N(C)C[C@H]1Cc2ccccc2CN1C. The average Bonchev–Trinajstić information content (AvgIpc) is 2.48. The van der Waals surface area contributed by atoms with E-state index in [2.05, 4.69) is 36.2 Å². The molecular weight excluding hydrogens is 264 g/mol. The molecule has 1 aromatic carbocycles. The second-order valence-corrected chi connectivity index (χ2v) is 5.76. The number of amides is 1. The number of benzene rings is 1. The van der Waals surface area contributed by atoms with Gasteiger partial charge in [-0.2, -0.15) is 0 Å². The van der Waals surface area contributed by atoms with Crippen molar-refractivity contribution >= 4 is 5.91 Å². The van der Waals surface area contributed by atoms with Crippen LogP contribution in [0.15, 0.2) is 24.3 Å². The molecule has 0 fully saturated rings. The van der Waals surface area contributed by atoms with E-state index in [0.717, 1.165) is 19.5 Å². The summed E-state index contributed by atoms with van der Waals surface area (Å²) >= 11 is 0. The molecule has 0 unspecified atom stereocenters. The van der Waals surface area contributed by atoms with Crippen molar-refractivity contribution in [1.82, 2.24) is 9.80 Å². The third-order valence-electron chi connectivity index (χ3n) is 4.19. The number of hydrogen-bond acceptors (Lipinski definition) is 3. The Kier molecular flexibility index (Phi) is 5.76. The number of rotatable bonds is 6. The van der Waals surface area contributed by atoms with Crippen LogP contribution < -0.4 is 0 Å². The molecule has 0 spiro atoms. The van der Waals surface area contributed by atoms with Gasteiger partial charge in [-0.05, 0) is 31.5 Å². The van der Waals surface area contributed by atoms with Gasteiger partial charge in [0.25, 0.3) is 0 Å². The fraction of sp³-hybridized carbons (Fsp3) is 0.588. The molecule has 4 nitrogen and oxygen atoms in total.